The van der Waals surface area contributed by atoms with Gasteiger partial charge >= 0.3 is 5.97 Å². The van der Waals surface area contributed by atoms with E-state index in [4.69, 9.17) is 5.11 Å². The maximum atomic E-state index is 11.6. The molecule has 0 aliphatic carbocycles. The van der Waals surface area contributed by atoms with Gasteiger partial charge in [0.05, 0.1) is 0 Å². The predicted octanol–water partition coefficient (Wildman–Crippen LogP) is -0.573. The van der Waals surface area contributed by atoms with Crippen molar-refractivity contribution in [1.82, 2.24) is 9.21 Å². The van der Waals surface area contributed by atoms with Crippen molar-refractivity contribution in [3.05, 3.63) is 0 Å². The van der Waals surface area contributed by atoms with Gasteiger partial charge in [-0.3, -0.25) is 9.69 Å². The van der Waals surface area contributed by atoms with Crippen LogP contribution in [-0.2, 0) is 14.8 Å². The van der Waals surface area contributed by atoms with E-state index in [1.54, 1.807) is 0 Å². The number of carbonyl (C=O) groups is 1. The van der Waals surface area contributed by atoms with Gasteiger partial charge in [0.15, 0.2) is 5.75 Å². The summed E-state index contributed by atoms with van der Waals surface area (Å²) < 4.78 is 24.5. The van der Waals surface area contributed by atoms with Gasteiger partial charge in [-0.1, -0.05) is 0 Å². The van der Waals surface area contributed by atoms with Gasteiger partial charge in [0.1, 0.15) is 0 Å². The Morgan fingerprint density at radius 2 is 1.75 bits per heavy atom. The monoisotopic (exact) mass is 250 g/mol. The van der Waals surface area contributed by atoms with Gasteiger partial charge in [0, 0.05) is 32.2 Å². The Labute approximate surface area is 95.9 Å². The van der Waals surface area contributed by atoms with Crippen LogP contribution in [0.1, 0.15) is 13.8 Å². The van der Waals surface area contributed by atoms with Crippen molar-refractivity contribution in [3.8, 4) is 0 Å². The first kappa shape index (κ1) is 13.4. The summed E-state index contributed by atoms with van der Waals surface area (Å²) in [6.07, 6.45) is 0. The van der Waals surface area contributed by atoms with Crippen LogP contribution in [0.3, 0.4) is 0 Å². The number of aliphatic carboxylic acids is 1. The van der Waals surface area contributed by atoms with Crippen molar-refractivity contribution in [3.63, 3.8) is 0 Å². The van der Waals surface area contributed by atoms with E-state index >= 15 is 0 Å². The first-order valence-corrected chi connectivity index (χ1v) is 6.87. The maximum Gasteiger partial charge on any atom is 0.320 e. The summed E-state index contributed by atoms with van der Waals surface area (Å²) >= 11 is 0. The highest BCUT2D eigenvalue weighted by molar-refractivity contribution is 7.89. The summed E-state index contributed by atoms with van der Waals surface area (Å²) in [5.41, 5.74) is 0. The second-order valence-corrected chi connectivity index (χ2v) is 6.15. The van der Waals surface area contributed by atoms with Crippen LogP contribution in [0, 0.1) is 0 Å². The van der Waals surface area contributed by atoms with E-state index in [2.05, 4.69) is 18.7 Å². The number of nitrogens with zero attached hydrogens (tertiary/aromatic N) is 2. The highest BCUT2D eigenvalue weighted by Crippen LogP contribution is 2.10. The van der Waals surface area contributed by atoms with Gasteiger partial charge in [-0.25, -0.2) is 8.42 Å². The lowest BCUT2D eigenvalue weighted by atomic mass is 10.3. The van der Waals surface area contributed by atoms with Crippen LogP contribution in [-0.4, -0.2) is 66.7 Å². The smallest absolute Gasteiger partial charge is 0.320 e. The molecule has 7 heteroatoms. The van der Waals surface area contributed by atoms with E-state index in [1.165, 1.54) is 4.31 Å². The highest BCUT2D eigenvalue weighted by atomic mass is 32.2. The summed E-state index contributed by atoms with van der Waals surface area (Å²) in [5, 5.41) is 8.50. The fourth-order valence-electron chi connectivity index (χ4n) is 1.75. The molecule has 0 amide bonds. The number of carboxylic acids is 1. The fraction of sp³-hybridized carbons (Fsp3) is 0.889. The molecule has 0 aromatic rings. The van der Waals surface area contributed by atoms with Gasteiger partial charge in [-0.15, -0.1) is 0 Å². The molecule has 1 rings (SSSR count). The minimum absolute atomic E-state index is 0.383. The summed E-state index contributed by atoms with van der Waals surface area (Å²) in [7, 11) is -3.62. The average Bonchev–Trinajstić information content (AvgIpc) is 2.16. The van der Waals surface area contributed by atoms with Crippen molar-refractivity contribution < 1.29 is 18.3 Å². The van der Waals surface area contributed by atoms with Crippen LogP contribution in [0.25, 0.3) is 0 Å². The first-order chi connectivity index (χ1) is 7.33. The molecule has 1 fully saturated rings. The van der Waals surface area contributed by atoms with Crippen LogP contribution in [0.2, 0.25) is 0 Å². The molecular weight excluding hydrogens is 232 g/mol. The third-order valence-electron chi connectivity index (χ3n) is 2.70. The van der Waals surface area contributed by atoms with Crippen molar-refractivity contribution in [2.45, 2.75) is 19.9 Å². The van der Waals surface area contributed by atoms with E-state index in [1.807, 2.05) is 0 Å². The standard InChI is InChI=1S/C9H18N2O4S/c1-8(2)10-3-5-11(6-4-10)16(14,15)7-9(12)13/h8H,3-7H2,1-2H3,(H,12,13). The van der Waals surface area contributed by atoms with Crippen LogP contribution in [0.4, 0.5) is 0 Å². The molecule has 0 spiro atoms. The van der Waals surface area contributed by atoms with Crippen LogP contribution in [0.15, 0.2) is 0 Å². The molecule has 0 aromatic carbocycles. The number of hydrogen-bond acceptors (Lipinski definition) is 4. The number of sulfonamides is 1. The van der Waals surface area contributed by atoms with E-state index < -0.39 is 21.7 Å². The third-order valence-corrected chi connectivity index (χ3v) is 4.47. The largest absolute Gasteiger partial charge is 0.480 e. The number of hydrogen-bond donors (Lipinski definition) is 1. The molecule has 1 aliphatic rings. The lowest BCUT2D eigenvalue weighted by Gasteiger charge is -2.35. The van der Waals surface area contributed by atoms with Gasteiger partial charge in [0.25, 0.3) is 0 Å². The molecule has 0 radical (unpaired) electrons. The summed E-state index contributed by atoms with van der Waals surface area (Å²) in [6, 6.07) is 0.393. The lowest BCUT2D eigenvalue weighted by molar-refractivity contribution is -0.134. The molecule has 1 N–H and O–H groups in total. The molecule has 1 heterocycles. The second kappa shape index (κ2) is 5.11. The Morgan fingerprint density at radius 1 is 1.25 bits per heavy atom. The van der Waals surface area contributed by atoms with Gasteiger partial charge in [-0.05, 0) is 13.8 Å². The van der Waals surface area contributed by atoms with Gasteiger partial charge in [0.2, 0.25) is 10.0 Å². The van der Waals surface area contributed by atoms with E-state index in [0.717, 1.165) is 0 Å². The molecule has 16 heavy (non-hydrogen) atoms. The Kier molecular flexibility index (Phi) is 4.28. The quantitative estimate of drug-likeness (QED) is 0.722. The Hall–Kier alpha value is -0.660. The molecule has 1 aliphatic heterocycles. The Morgan fingerprint density at radius 3 is 2.12 bits per heavy atom. The molecule has 0 unspecified atom stereocenters. The predicted molar refractivity (Wildman–Crippen MR) is 59.7 cm³/mol. The topological polar surface area (TPSA) is 77.9 Å². The normalized spacial score (nSPS) is 20.2. The van der Waals surface area contributed by atoms with Crippen LogP contribution >= 0.6 is 0 Å². The summed E-state index contributed by atoms with van der Waals surface area (Å²) in [4.78, 5) is 12.6. The summed E-state index contributed by atoms with van der Waals surface area (Å²) in [6.45, 7) is 6.21. The molecule has 0 aromatic heterocycles. The number of rotatable bonds is 4. The zero-order valence-electron chi connectivity index (χ0n) is 9.59. The van der Waals surface area contributed by atoms with E-state index in [0.29, 0.717) is 32.2 Å². The van der Waals surface area contributed by atoms with Gasteiger partial charge in [-0.2, -0.15) is 4.31 Å². The fourth-order valence-corrected chi connectivity index (χ4v) is 2.96. The molecule has 1 saturated heterocycles. The zero-order valence-corrected chi connectivity index (χ0v) is 10.4. The third kappa shape index (κ3) is 3.43. The number of carboxylic acid groups (broad SMARTS) is 1. The minimum atomic E-state index is -3.62. The molecular formula is C9H18N2O4S. The molecule has 0 bridgehead atoms. The van der Waals surface area contributed by atoms with Crippen molar-refractivity contribution in [2.75, 3.05) is 31.9 Å². The van der Waals surface area contributed by atoms with Crippen molar-refractivity contribution in [1.29, 1.82) is 0 Å². The molecule has 6 nitrogen and oxygen atoms in total. The van der Waals surface area contributed by atoms with E-state index in [9.17, 15) is 13.2 Å². The lowest BCUT2D eigenvalue weighted by Crippen LogP contribution is -2.51. The Balaban J connectivity index is 2.56. The van der Waals surface area contributed by atoms with Crippen molar-refractivity contribution in [2.24, 2.45) is 0 Å². The number of piperazine rings is 1. The van der Waals surface area contributed by atoms with Crippen LogP contribution in [0.5, 0.6) is 0 Å². The average molecular weight is 250 g/mol. The highest BCUT2D eigenvalue weighted by Gasteiger charge is 2.29. The van der Waals surface area contributed by atoms with Crippen molar-refractivity contribution >= 4 is 16.0 Å². The Bertz CT molecular complexity index is 345. The van der Waals surface area contributed by atoms with Crippen LogP contribution < -0.4 is 0 Å². The minimum Gasteiger partial charge on any atom is -0.480 e. The molecule has 0 atom stereocenters. The second-order valence-electron chi connectivity index (χ2n) is 4.18. The van der Waals surface area contributed by atoms with E-state index in [-0.39, 0.29) is 0 Å². The maximum absolute atomic E-state index is 11.6. The first-order valence-electron chi connectivity index (χ1n) is 5.26. The SMILES string of the molecule is CC(C)N1CCN(S(=O)(=O)CC(=O)O)CC1. The van der Waals surface area contributed by atoms with Gasteiger partial charge < -0.3 is 5.11 Å². The zero-order chi connectivity index (χ0) is 12.3. The molecule has 94 valence electrons. The molecule has 0 saturated carbocycles. The summed E-state index contributed by atoms with van der Waals surface area (Å²) in [5.74, 6) is -2.11.